The number of nitrogens with zero attached hydrogens (tertiary/aromatic N) is 3. The predicted molar refractivity (Wildman–Crippen MR) is 86.3 cm³/mol. The third kappa shape index (κ3) is 2.97. The number of nitrogens with one attached hydrogen (secondary N) is 1. The molecule has 0 spiro atoms. The Balaban J connectivity index is 2.43. The van der Waals surface area contributed by atoms with Crippen molar-refractivity contribution in [1.29, 1.82) is 0 Å². The first-order valence-corrected chi connectivity index (χ1v) is 7.79. The van der Waals surface area contributed by atoms with Crippen molar-refractivity contribution in [2.24, 2.45) is 4.99 Å². The molecule has 2 N–H and O–H groups in total. The van der Waals surface area contributed by atoms with E-state index in [1.165, 1.54) is 12.4 Å². The lowest BCUT2D eigenvalue weighted by molar-refractivity contribution is 0.0697. The number of aromatic carboxylic acids is 1. The first-order valence-electron chi connectivity index (χ1n) is 6.80. The standard InChI is InChI=1S/C14H20N4O2S/c1-5-15-12(21-6-2)10-7-14(3,4)18-11(17-10)9(8-16-18)13(19)20/h5,8,10,17H,1,6-7H2,2-4H3,(H,19,20). The summed E-state index contributed by atoms with van der Waals surface area (Å²) in [6.45, 7) is 9.81. The molecule has 7 heteroatoms. The highest BCUT2D eigenvalue weighted by Crippen LogP contribution is 2.35. The van der Waals surface area contributed by atoms with Gasteiger partial charge in [0.1, 0.15) is 11.4 Å². The topological polar surface area (TPSA) is 79.5 Å². The highest BCUT2D eigenvalue weighted by atomic mass is 32.2. The molecule has 1 atom stereocenters. The van der Waals surface area contributed by atoms with E-state index in [1.54, 1.807) is 16.4 Å². The Hall–Kier alpha value is -1.76. The molecule has 2 rings (SSSR count). The second-order valence-corrected chi connectivity index (χ2v) is 6.70. The van der Waals surface area contributed by atoms with Gasteiger partial charge in [0, 0.05) is 6.20 Å². The first kappa shape index (κ1) is 15.6. The number of carboxylic acids is 1. The summed E-state index contributed by atoms with van der Waals surface area (Å²) in [5, 5.41) is 17.7. The average molecular weight is 308 g/mol. The average Bonchev–Trinajstić information content (AvgIpc) is 2.82. The van der Waals surface area contributed by atoms with Crippen LogP contribution in [-0.4, -0.2) is 37.7 Å². The summed E-state index contributed by atoms with van der Waals surface area (Å²) >= 11 is 1.64. The number of thioether (sulfide) groups is 1. The number of carboxylic acid groups (broad SMARTS) is 1. The number of rotatable bonds is 4. The van der Waals surface area contributed by atoms with E-state index in [2.05, 4.69) is 28.9 Å². The second kappa shape index (κ2) is 5.93. The van der Waals surface area contributed by atoms with E-state index >= 15 is 0 Å². The summed E-state index contributed by atoms with van der Waals surface area (Å²) in [5.74, 6) is 0.457. The predicted octanol–water partition coefficient (Wildman–Crippen LogP) is 2.80. The Kier molecular flexibility index (Phi) is 4.41. The normalized spacial score (nSPS) is 20.5. The van der Waals surface area contributed by atoms with Crippen LogP contribution >= 0.6 is 11.8 Å². The van der Waals surface area contributed by atoms with Crippen molar-refractivity contribution in [2.45, 2.75) is 38.8 Å². The molecular formula is C14H20N4O2S. The summed E-state index contributed by atoms with van der Waals surface area (Å²) in [7, 11) is 0. The van der Waals surface area contributed by atoms with Crippen LogP contribution in [0, 0.1) is 0 Å². The van der Waals surface area contributed by atoms with Crippen molar-refractivity contribution >= 4 is 28.6 Å². The molecule has 0 radical (unpaired) electrons. The minimum Gasteiger partial charge on any atom is -0.477 e. The molecule has 0 saturated heterocycles. The molecule has 21 heavy (non-hydrogen) atoms. The van der Waals surface area contributed by atoms with Crippen molar-refractivity contribution < 1.29 is 9.90 Å². The second-order valence-electron chi connectivity index (χ2n) is 5.42. The molecule has 1 aliphatic rings. The number of aromatic nitrogens is 2. The molecule has 0 amide bonds. The number of aliphatic imine (C=N–C) groups is 1. The SMILES string of the molecule is C=CN=C(SCC)C1CC(C)(C)n2ncc(C(=O)O)c2N1. The maximum atomic E-state index is 11.3. The van der Waals surface area contributed by atoms with Gasteiger partial charge in [-0.15, -0.1) is 11.8 Å². The smallest absolute Gasteiger partial charge is 0.341 e. The van der Waals surface area contributed by atoms with Crippen LogP contribution in [0.15, 0.2) is 24.0 Å². The van der Waals surface area contributed by atoms with Crippen LogP contribution in [0.5, 0.6) is 0 Å². The van der Waals surface area contributed by atoms with Crippen LogP contribution in [0.3, 0.4) is 0 Å². The molecule has 1 unspecified atom stereocenters. The summed E-state index contributed by atoms with van der Waals surface area (Å²) < 4.78 is 1.75. The number of carbonyl (C=O) groups is 1. The lowest BCUT2D eigenvalue weighted by Gasteiger charge is -2.38. The first-order chi connectivity index (χ1) is 9.90. The van der Waals surface area contributed by atoms with Crippen molar-refractivity contribution in [2.75, 3.05) is 11.1 Å². The summed E-state index contributed by atoms with van der Waals surface area (Å²) in [5.41, 5.74) is -0.0953. The maximum Gasteiger partial charge on any atom is 0.341 e. The van der Waals surface area contributed by atoms with Crippen LogP contribution in [0.25, 0.3) is 0 Å². The molecular weight excluding hydrogens is 288 g/mol. The van der Waals surface area contributed by atoms with Gasteiger partial charge in [0.25, 0.3) is 0 Å². The van der Waals surface area contributed by atoms with Crippen LogP contribution in [0.4, 0.5) is 5.82 Å². The molecule has 6 nitrogen and oxygen atoms in total. The molecule has 1 aromatic rings. The van der Waals surface area contributed by atoms with Gasteiger partial charge in [-0.2, -0.15) is 5.10 Å². The Bertz CT molecular complexity index is 592. The van der Waals surface area contributed by atoms with Crippen LogP contribution in [0.2, 0.25) is 0 Å². The summed E-state index contributed by atoms with van der Waals surface area (Å²) in [6.07, 6.45) is 3.70. The van der Waals surface area contributed by atoms with Crippen LogP contribution < -0.4 is 5.32 Å². The molecule has 0 fully saturated rings. The maximum absolute atomic E-state index is 11.3. The van der Waals surface area contributed by atoms with E-state index in [0.717, 1.165) is 17.2 Å². The van der Waals surface area contributed by atoms with Gasteiger partial charge in [0.15, 0.2) is 0 Å². The van der Waals surface area contributed by atoms with Gasteiger partial charge in [-0.05, 0) is 26.0 Å². The zero-order valence-electron chi connectivity index (χ0n) is 12.5. The van der Waals surface area contributed by atoms with Gasteiger partial charge in [-0.25, -0.2) is 9.48 Å². The van der Waals surface area contributed by atoms with Gasteiger partial charge in [0.2, 0.25) is 0 Å². The zero-order chi connectivity index (χ0) is 15.6. The van der Waals surface area contributed by atoms with E-state index in [-0.39, 0.29) is 17.1 Å². The van der Waals surface area contributed by atoms with Gasteiger partial charge in [0.05, 0.1) is 22.8 Å². The molecule has 1 aliphatic heterocycles. The lowest BCUT2D eigenvalue weighted by Crippen LogP contribution is -2.45. The molecule has 0 bridgehead atoms. The fraction of sp³-hybridized carbons (Fsp3) is 0.500. The Morgan fingerprint density at radius 2 is 2.48 bits per heavy atom. The fourth-order valence-corrected chi connectivity index (χ4v) is 3.31. The number of hydrogen-bond donors (Lipinski definition) is 2. The van der Waals surface area contributed by atoms with E-state index in [4.69, 9.17) is 0 Å². The lowest BCUT2D eigenvalue weighted by atomic mass is 9.93. The van der Waals surface area contributed by atoms with Crippen LogP contribution in [0.1, 0.15) is 37.6 Å². The molecule has 114 valence electrons. The van der Waals surface area contributed by atoms with Crippen molar-refractivity contribution in [3.63, 3.8) is 0 Å². The Labute approximate surface area is 128 Å². The molecule has 2 heterocycles. The van der Waals surface area contributed by atoms with Crippen molar-refractivity contribution in [1.82, 2.24) is 9.78 Å². The molecule has 0 aliphatic carbocycles. The Morgan fingerprint density at radius 3 is 3.05 bits per heavy atom. The molecule has 0 aromatic carbocycles. The quantitative estimate of drug-likeness (QED) is 0.660. The van der Waals surface area contributed by atoms with E-state index in [0.29, 0.717) is 5.82 Å². The van der Waals surface area contributed by atoms with Gasteiger partial charge < -0.3 is 10.4 Å². The Morgan fingerprint density at radius 1 is 1.76 bits per heavy atom. The molecule has 0 saturated carbocycles. The monoisotopic (exact) mass is 308 g/mol. The van der Waals surface area contributed by atoms with E-state index in [1.807, 2.05) is 13.8 Å². The zero-order valence-corrected chi connectivity index (χ0v) is 13.3. The van der Waals surface area contributed by atoms with Crippen molar-refractivity contribution in [3.8, 4) is 0 Å². The van der Waals surface area contributed by atoms with E-state index < -0.39 is 5.97 Å². The number of anilines is 1. The summed E-state index contributed by atoms with van der Waals surface area (Å²) in [4.78, 5) is 15.7. The fourth-order valence-electron chi connectivity index (χ4n) is 2.52. The molecule has 1 aromatic heterocycles. The largest absolute Gasteiger partial charge is 0.477 e. The minimum atomic E-state index is -0.981. The highest BCUT2D eigenvalue weighted by molar-refractivity contribution is 8.14. The van der Waals surface area contributed by atoms with Gasteiger partial charge in [-0.3, -0.25) is 4.99 Å². The summed E-state index contributed by atoms with van der Waals surface area (Å²) in [6, 6.07) is -0.0368. The highest BCUT2D eigenvalue weighted by Gasteiger charge is 2.37. The van der Waals surface area contributed by atoms with Gasteiger partial charge >= 0.3 is 5.97 Å². The number of fused-ring (bicyclic) bond motifs is 1. The van der Waals surface area contributed by atoms with Crippen molar-refractivity contribution in [3.05, 3.63) is 24.5 Å². The third-order valence-corrected chi connectivity index (χ3v) is 4.37. The van der Waals surface area contributed by atoms with Crippen LogP contribution in [-0.2, 0) is 5.54 Å². The number of hydrogen-bond acceptors (Lipinski definition) is 5. The van der Waals surface area contributed by atoms with E-state index in [9.17, 15) is 9.90 Å². The third-order valence-electron chi connectivity index (χ3n) is 3.40. The minimum absolute atomic E-state index is 0.0368. The van der Waals surface area contributed by atoms with Gasteiger partial charge in [-0.1, -0.05) is 13.5 Å².